The van der Waals surface area contributed by atoms with Crippen molar-refractivity contribution in [3.63, 3.8) is 0 Å². The van der Waals surface area contributed by atoms with Gasteiger partial charge in [0.25, 0.3) is 0 Å². The van der Waals surface area contributed by atoms with Crippen molar-refractivity contribution in [2.45, 2.75) is 18.6 Å². The summed E-state index contributed by atoms with van der Waals surface area (Å²) in [6, 6.07) is 9.30. The minimum absolute atomic E-state index is 0.319. The maximum absolute atomic E-state index is 11.1. The summed E-state index contributed by atoms with van der Waals surface area (Å²) in [4.78, 5) is 11.1. The van der Waals surface area contributed by atoms with Crippen molar-refractivity contribution >= 4 is 5.97 Å². The first-order chi connectivity index (χ1) is 7.64. The van der Waals surface area contributed by atoms with Gasteiger partial charge in [-0.05, 0) is 12.5 Å². The molecule has 2 atom stereocenters. The molecule has 1 aliphatic heterocycles. The van der Waals surface area contributed by atoms with E-state index >= 15 is 0 Å². The van der Waals surface area contributed by atoms with Crippen molar-refractivity contribution in [2.24, 2.45) is 0 Å². The van der Waals surface area contributed by atoms with Gasteiger partial charge in [0.2, 0.25) is 0 Å². The first-order valence-electron chi connectivity index (χ1n) is 5.18. The van der Waals surface area contributed by atoms with Crippen molar-refractivity contribution in [2.75, 3.05) is 13.2 Å². The Bertz CT molecular complexity index is 376. The zero-order chi connectivity index (χ0) is 11.6. The summed E-state index contributed by atoms with van der Waals surface area (Å²) in [7, 11) is 0. The minimum atomic E-state index is -0.994. The predicted octanol–water partition coefficient (Wildman–Crippen LogP) is 1.40. The lowest BCUT2D eigenvalue weighted by atomic mass is 9.89. The third kappa shape index (κ3) is 1.81. The van der Waals surface area contributed by atoms with Gasteiger partial charge in [-0.3, -0.25) is 0 Å². The highest BCUT2D eigenvalue weighted by Crippen LogP contribution is 2.33. The Morgan fingerprint density at radius 2 is 2.06 bits per heavy atom. The molecule has 2 rings (SSSR count). The number of carboxylic acids is 1. The number of carbonyl (C=O) groups is 1. The Morgan fingerprint density at radius 1 is 1.38 bits per heavy atom. The number of carboxylic acid groups (broad SMARTS) is 1. The number of hydrogen-bond donors (Lipinski definition) is 1. The number of benzene rings is 1. The van der Waals surface area contributed by atoms with E-state index in [0.717, 1.165) is 5.56 Å². The molecule has 4 nitrogen and oxygen atoms in total. The van der Waals surface area contributed by atoms with Crippen LogP contribution in [0.15, 0.2) is 30.3 Å². The summed E-state index contributed by atoms with van der Waals surface area (Å²) >= 11 is 0. The van der Waals surface area contributed by atoms with E-state index in [9.17, 15) is 4.79 Å². The lowest BCUT2D eigenvalue weighted by Crippen LogP contribution is -2.50. The molecule has 0 radical (unpaired) electrons. The fraction of sp³-hybridized carbons (Fsp3) is 0.417. The summed E-state index contributed by atoms with van der Waals surface area (Å²) in [5.41, 5.74) is -0.0900. The number of ether oxygens (including phenoxy) is 2. The summed E-state index contributed by atoms with van der Waals surface area (Å²) in [6.07, 6.45) is -0.955. The van der Waals surface area contributed by atoms with Gasteiger partial charge < -0.3 is 14.6 Å². The second kappa shape index (κ2) is 4.23. The van der Waals surface area contributed by atoms with Crippen molar-refractivity contribution < 1.29 is 19.4 Å². The van der Waals surface area contributed by atoms with Gasteiger partial charge in [0.1, 0.15) is 5.60 Å². The van der Waals surface area contributed by atoms with E-state index in [-0.39, 0.29) is 0 Å². The standard InChI is InChI=1S/C12H14O4/c1-12(9-5-3-2-4-6-9)10(11(13)14)15-7-8-16-12/h2-6,10H,7-8H2,1H3,(H,13,14)/t10-,12+/m0/s1. The molecule has 1 aromatic rings. The van der Waals surface area contributed by atoms with Gasteiger partial charge in [-0.25, -0.2) is 4.79 Å². The summed E-state index contributed by atoms with van der Waals surface area (Å²) < 4.78 is 10.9. The van der Waals surface area contributed by atoms with E-state index in [1.807, 2.05) is 30.3 Å². The maximum Gasteiger partial charge on any atom is 0.336 e. The molecule has 1 fully saturated rings. The predicted molar refractivity (Wildman–Crippen MR) is 57.1 cm³/mol. The van der Waals surface area contributed by atoms with Crippen LogP contribution in [0.2, 0.25) is 0 Å². The summed E-state index contributed by atoms with van der Waals surface area (Å²) in [6.45, 7) is 2.48. The fourth-order valence-electron chi connectivity index (χ4n) is 1.97. The fourth-order valence-corrected chi connectivity index (χ4v) is 1.97. The molecule has 16 heavy (non-hydrogen) atoms. The quantitative estimate of drug-likeness (QED) is 0.821. The zero-order valence-electron chi connectivity index (χ0n) is 9.05. The van der Waals surface area contributed by atoms with Crippen molar-refractivity contribution in [3.8, 4) is 0 Å². The van der Waals surface area contributed by atoms with Crippen LogP contribution in [0.4, 0.5) is 0 Å². The maximum atomic E-state index is 11.1. The third-order valence-corrected chi connectivity index (χ3v) is 2.84. The first kappa shape index (κ1) is 11.1. The topological polar surface area (TPSA) is 55.8 Å². The molecule has 0 unspecified atom stereocenters. The molecule has 1 aromatic carbocycles. The number of hydrogen-bond acceptors (Lipinski definition) is 3. The lowest BCUT2D eigenvalue weighted by Gasteiger charge is -2.39. The highest BCUT2D eigenvalue weighted by Gasteiger charge is 2.45. The first-order valence-corrected chi connectivity index (χ1v) is 5.18. The molecule has 0 aliphatic carbocycles. The molecular formula is C12H14O4. The molecule has 0 saturated carbocycles. The Hall–Kier alpha value is -1.39. The van der Waals surface area contributed by atoms with E-state index in [4.69, 9.17) is 14.6 Å². The molecule has 86 valence electrons. The summed E-state index contributed by atoms with van der Waals surface area (Å²) in [5, 5.41) is 9.13. The van der Waals surface area contributed by atoms with E-state index < -0.39 is 17.7 Å². The van der Waals surface area contributed by atoms with Crippen LogP contribution in [0, 0.1) is 0 Å². The Morgan fingerprint density at radius 3 is 2.69 bits per heavy atom. The smallest absolute Gasteiger partial charge is 0.336 e. The van der Waals surface area contributed by atoms with E-state index in [0.29, 0.717) is 13.2 Å². The molecule has 4 heteroatoms. The average molecular weight is 222 g/mol. The van der Waals surface area contributed by atoms with Crippen LogP contribution >= 0.6 is 0 Å². The second-order valence-electron chi connectivity index (χ2n) is 3.91. The van der Waals surface area contributed by atoms with E-state index in [2.05, 4.69) is 0 Å². The SMILES string of the molecule is C[C@]1(c2ccccc2)OCCO[C@H]1C(=O)O. The van der Waals surface area contributed by atoms with Gasteiger partial charge in [-0.15, -0.1) is 0 Å². The molecule has 0 spiro atoms. The van der Waals surface area contributed by atoms with Gasteiger partial charge in [-0.1, -0.05) is 30.3 Å². The van der Waals surface area contributed by atoms with Crippen LogP contribution < -0.4 is 0 Å². The van der Waals surface area contributed by atoms with Gasteiger partial charge >= 0.3 is 5.97 Å². The van der Waals surface area contributed by atoms with Crippen LogP contribution in [0.1, 0.15) is 12.5 Å². The van der Waals surface area contributed by atoms with Crippen LogP contribution in [0.25, 0.3) is 0 Å². The van der Waals surface area contributed by atoms with Gasteiger partial charge in [0.05, 0.1) is 13.2 Å². The Kier molecular flexibility index (Phi) is 2.94. The van der Waals surface area contributed by atoms with Gasteiger partial charge in [0, 0.05) is 0 Å². The average Bonchev–Trinajstić information content (AvgIpc) is 2.30. The normalized spacial score (nSPS) is 29.9. The van der Waals surface area contributed by atoms with E-state index in [1.54, 1.807) is 6.92 Å². The molecule has 1 aliphatic rings. The largest absolute Gasteiger partial charge is 0.479 e. The van der Waals surface area contributed by atoms with Crippen molar-refractivity contribution in [1.82, 2.24) is 0 Å². The molecule has 1 heterocycles. The molecular weight excluding hydrogens is 208 g/mol. The second-order valence-corrected chi connectivity index (χ2v) is 3.91. The molecule has 0 bridgehead atoms. The molecule has 0 amide bonds. The molecule has 1 N–H and O–H groups in total. The van der Waals surface area contributed by atoms with Crippen LogP contribution in [0.3, 0.4) is 0 Å². The molecule has 1 saturated heterocycles. The van der Waals surface area contributed by atoms with Crippen LogP contribution in [0.5, 0.6) is 0 Å². The van der Waals surface area contributed by atoms with E-state index in [1.165, 1.54) is 0 Å². The van der Waals surface area contributed by atoms with Crippen molar-refractivity contribution in [1.29, 1.82) is 0 Å². The van der Waals surface area contributed by atoms with Crippen LogP contribution in [-0.4, -0.2) is 30.4 Å². The Labute approximate surface area is 93.8 Å². The highest BCUT2D eigenvalue weighted by atomic mass is 16.6. The van der Waals surface area contributed by atoms with Crippen LogP contribution in [-0.2, 0) is 19.9 Å². The third-order valence-electron chi connectivity index (χ3n) is 2.84. The minimum Gasteiger partial charge on any atom is -0.479 e. The number of aliphatic carboxylic acids is 1. The van der Waals surface area contributed by atoms with Gasteiger partial charge in [-0.2, -0.15) is 0 Å². The number of rotatable bonds is 2. The van der Waals surface area contributed by atoms with Crippen molar-refractivity contribution in [3.05, 3.63) is 35.9 Å². The lowest BCUT2D eigenvalue weighted by molar-refractivity contribution is -0.213. The Balaban J connectivity index is 2.37. The molecule has 0 aromatic heterocycles. The summed E-state index contributed by atoms with van der Waals surface area (Å²) in [5.74, 6) is -0.994. The van der Waals surface area contributed by atoms with Gasteiger partial charge in [0.15, 0.2) is 6.10 Å². The zero-order valence-corrected chi connectivity index (χ0v) is 9.05. The highest BCUT2D eigenvalue weighted by molar-refractivity contribution is 5.74. The monoisotopic (exact) mass is 222 g/mol.